The van der Waals surface area contributed by atoms with Crippen molar-refractivity contribution in [2.45, 2.75) is 25.3 Å². The molecule has 0 aromatic carbocycles. The number of amides is 1. The van der Waals surface area contributed by atoms with Crippen LogP contribution in [0.2, 0.25) is 0 Å². The summed E-state index contributed by atoms with van der Waals surface area (Å²) < 4.78 is 0. The lowest BCUT2D eigenvalue weighted by Gasteiger charge is -2.15. The van der Waals surface area contributed by atoms with Crippen LogP contribution in [0.25, 0.3) is 10.7 Å². The molecular weight excluding hydrogens is 296 g/mol. The van der Waals surface area contributed by atoms with Crippen molar-refractivity contribution in [1.29, 1.82) is 0 Å². The number of nitrogens with zero attached hydrogens (tertiary/aromatic N) is 3. The van der Waals surface area contributed by atoms with E-state index in [0.717, 1.165) is 29.0 Å². The van der Waals surface area contributed by atoms with E-state index in [0.29, 0.717) is 13.0 Å². The number of carbonyl (C=O) groups is 1. The zero-order valence-corrected chi connectivity index (χ0v) is 13.5. The third kappa shape index (κ3) is 4.11. The first-order valence-corrected chi connectivity index (χ1v) is 8.43. The molecule has 6 heteroatoms. The molecule has 2 aromatic heterocycles. The first kappa shape index (κ1) is 15.1. The Balaban J connectivity index is 1.46. The molecule has 1 N–H and O–H groups in total. The number of likely N-dealkylation sites (N-methyl/N-ethyl adjacent to an activating group) is 1. The molecule has 1 amide bonds. The van der Waals surface area contributed by atoms with Gasteiger partial charge in [-0.15, -0.1) is 11.3 Å². The minimum atomic E-state index is 0.0297. The molecule has 0 radical (unpaired) electrons. The molecule has 1 aliphatic carbocycles. The number of carbonyl (C=O) groups excluding carboxylic acids is 1. The summed E-state index contributed by atoms with van der Waals surface area (Å²) in [4.78, 5) is 23.0. The van der Waals surface area contributed by atoms with Gasteiger partial charge in [0.15, 0.2) is 0 Å². The predicted octanol–water partition coefficient (Wildman–Crippen LogP) is 1.96. The van der Waals surface area contributed by atoms with Crippen LogP contribution in [-0.2, 0) is 11.2 Å². The number of hydrogen-bond acceptors (Lipinski definition) is 5. The topological polar surface area (TPSA) is 58.1 Å². The van der Waals surface area contributed by atoms with Gasteiger partial charge in [-0.1, -0.05) is 6.07 Å². The second kappa shape index (κ2) is 6.98. The van der Waals surface area contributed by atoms with Gasteiger partial charge >= 0.3 is 0 Å². The summed E-state index contributed by atoms with van der Waals surface area (Å²) in [6, 6.07) is 6.48. The van der Waals surface area contributed by atoms with Crippen LogP contribution >= 0.6 is 11.3 Å². The van der Waals surface area contributed by atoms with Gasteiger partial charge in [0.2, 0.25) is 5.91 Å². The van der Waals surface area contributed by atoms with Crippen molar-refractivity contribution in [2.75, 3.05) is 20.1 Å². The summed E-state index contributed by atoms with van der Waals surface area (Å²) in [5, 5.41) is 5.75. The number of pyridine rings is 1. The second-order valence-electron chi connectivity index (χ2n) is 5.60. The van der Waals surface area contributed by atoms with Crippen molar-refractivity contribution in [1.82, 2.24) is 20.2 Å². The lowest BCUT2D eigenvalue weighted by Crippen LogP contribution is -2.34. The van der Waals surface area contributed by atoms with Gasteiger partial charge in [0.25, 0.3) is 0 Å². The van der Waals surface area contributed by atoms with E-state index in [9.17, 15) is 4.79 Å². The van der Waals surface area contributed by atoms with Gasteiger partial charge in [0.05, 0.1) is 17.8 Å². The Kier molecular flexibility index (Phi) is 4.80. The second-order valence-corrected chi connectivity index (χ2v) is 6.46. The minimum Gasteiger partial charge on any atom is -0.354 e. The normalized spacial score (nSPS) is 14.3. The molecule has 0 spiro atoms. The molecule has 0 bridgehead atoms. The highest BCUT2D eigenvalue weighted by atomic mass is 32.1. The molecule has 1 saturated carbocycles. The number of hydrogen-bond donors (Lipinski definition) is 1. The van der Waals surface area contributed by atoms with Crippen molar-refractivity contribution in [2.24, 2.45) is 0 Å². The monoisotopic (exact) mass is 316 g/mol. The number of aromatic nitrogens is 2. The van der Waals surface area contributed by atoms with Crippen LogP contribution in [0, 0.1) is 0 Å². The molecule has 1 aliphatic rings. The molecule has 0 unspecified atom stereocenters. The standard InChI is InChI=1S/C16H20N4OS/c1-20(13-5-6-13)9-8-18-15(21)10-12-11-22-16(19-12)14-4-2-3-7-17-14/h2-4,7,11,13H,5-6,8-10H2,1H3,(H,18,21). The summed E-state index contributed by atoms with van der Waals surface area (Å²) in [5.41, 5.74) is 1.66. The van der Waals surface area contributed by atoms with Gasteiger partial charge in [-0.05, 0) is 32.0 Å². The first-order chi connectivity index (χ1) is 10.7. The smallest absolute Gasteiger partial charge is 0.226 e. The van der Waals surface area contributed by atoms with Crippen LogP contribution in [0.3, 0.4) is 0 Å². The average Bonchev–Trinajstić information content (AvgIpc) is 3.28. The van der Waals surface area contributed by atoms with Gasteiger partial charge in [-0.25, -0.2) is 4.98 Å². The summed E-state index contributed by atoms with van der Waals surface area (Å²) >= 11 is 1.52. The Bertz CT molecular complexity index is 624. The fourth-order valence-electron chi connectivity index (χ4n) is 2.29. The van der Waals surface area contributed by atoms with E-state index in [1.807, 2.05) is 23.6 Å². The average molecular weight is 316 g/mol. The Labute approximate surface area is 134 Å². The Morgan fingerprint density at radius 1 is 1.45 bits per heavy atom. The molecular formula is C16H20N4OS. The van der Waals surface area contributed by atoms with Gasteiger partial charge in [0, 0.05) is 30.7 Å². The number of nitrogens with one attached hydrogen (secondary N) is 1. The zero-order valence-electron chi connectivity index (χ0n) is 12.7. The maximum Gasteiger partial charge on any atom is 0.226 e. The Hall–Kier alpha value is -1.79. The van der Waals surface area contributed by atoms with Crippen molar-refractivity contribution < 1.29 is 4.79 Å². The molecule has 22 heavy (non-hydrogen) atoms. The van der Waals surface area contributed by atoms with Crippen LogP contribution in [0.15, 0.2) is 29.8 Å². The summed E-state index contributed by atoms with van der Waals surface area (Å²) in [5.74, 6) is 0.0297. The van der Waals surface area contributed by atoms with Crippen molar-refractivity contribution in [3.63, 3.8) is 0 Å². The molecule has 0 atom stereocenters. The van der Waals surface area contributed by atoms with Gasteiger partial charge in [-0.2, -0.15) is 0 Å². The fraction of sp³-hybridized carbons (Fsp3) is 0.438. The lowest BCUT2D eigenvalue weighted by atomic mass is 10.3. The minimum absolute atomic E-state index is 0.0297. The third-order valence-corrected chi connectivity index (χ3v) is 4.65. The zero-order chi connectivity index (χ0) is 15.4. The molecule has 1 fully saturated rings. The molecule has 2 aromatic rings. The fourth-order valence-corrected chi connectivity index (χ4v) is 3.09. The summed E-state index contributed by atoms with van der Waals surface area (Å²) in [6.07, 6.45) is 4.66. The SMILES string of the molecule is CN(CCNC(=O)Cc1csc(-c2ccccn2)n1)C1CC1. The quantitative estimate of drug-likeness (QED) is 0.848. The Morgan fingerprint density at radius 2 is 2.32 bits per heavy atom. The lowest BCUT2D eigenvalue weighted by molar-refractivity contribution is -0.120. The van der Waals surface area contributed by atoms with Gasteiger partial charge in [0.1, 0.15) is 5.01 Å². The van der Waals surface area contributed by atoms with Crippen LogP contribution in [0.1, 0.15) is 18.5 Å². The highest BCUT2D eigenvalue weighted by molar-refractivity contribution is 7.13. The number of rotatable bonds is 7. The molecule has 2 heterocycles. The molecule has 116 valence electrons. The van der Waals surface area contributed by atoms with E-state index in [1.165, 1.54) is 24.2 Å². The van der Waals surface area contributed by atoms with Crippen molar-refractivity contribution in [3.05, 3.63) is 35.5 Å². The number of thiazole rings is 1. The van der Waals surface area contributed by atoms with Crippen LogP contribution in [0.4, 0.5) is 0 Å². The van der Waals surface area contributed by atoms with Gasteiger partial charge < -0.3 is 10.2 Å². The van der Waals surface area contributed by atoms with Crippen LogP contribution < -0.4 is 5.32 Å². The summed E-state index contributed by atoms with van der Waals surface area (Å²) in [7, 11) is 2.11. The van der Waals surface area contributed by atoms with Crippen molar-refractivity contribution >= 4 is 17.2 Å². The van der Waals surface area contributed by atoms with E-state index >= 15 is 0 Å². The first-order valence-electron chi connectivity index (χ1n) is 7.55. The molecule has 3 rings (SSSR count). The maximum absolute atomic E-state index is 11.9. The van der Waals surface area contributed by atoms with E-state index in [1.54, 1.807) is 6.20 Å². The van der Waals surface area contributed by atoms with Gasteiger partial charge in [-0.3, -0.25) is 9.78 Å². The molecule has 0 saturated heterocycles. The highest BCUT2D eigenvalue weighted by Crippen LogP contribution is 2.24. The van der Waals surface area contributed by atoms with Crippen LogP contribution in [0.5, 0.6) is 0 Å². The Morgan fingerprint density at radius 3 is 3.05 bits per heavy atom. The summed E-state index contributed by atoms with van der Waals surface area (Å²) in [6.45, 7) is 1.61. The van der Waals surface area contributed by atoms with Crippen LogP contribution in [-0.4, -0.2) is 47.0 Å². The third-order valence-electron chi connectivity index (χ3n) is 3.73. The van der Waals surface area contributed by atoms with Crippen molar-refractivity contribution in [3.8, 4) is 10.7 Å². The molecule has 5 nitrogen and oxygen atoms in total. The molecule has 0 aliphatic heterocycles. The largest absolute Gasteiger partial charge is 0.354 e. The van der Waals surface area contributed by atoms with E-state index in [4.69, 9.17) is 0 Å². The van der Waals surface area contributed by atoms with E-state index in [-0.39, 0.29) is 5.91 Å². The van der Waals surface area contributed by atoms with E-state index in [2.05, 4.69) is 27.2 Å². The highest BCUT2D eigenvalue weighted by Gasteiger charge is 2.25. The predicted molar refractivity (Wildman–Crippen MR) is 87.7 cm³/mol. The maximum atomic E-state index is 11.9. The van der Waals surface area contributed by atoms with E-state index < -0.39 is 0 Å².